The zero-order valence-corrected chi connectivity index (χ0v) is 9.40. The molecule has 0 aliphatic carbocycles. The summed E-state index contributed by atoms with van der Waals surface area (Å²) >= 11 is 0. The minimum atomic E-state index is 0.195. The van der Waals surface area contributed by atoms with E-state index in [9.17, 15) is 0 Å². The van der Waals surface area contributed by atoms with Crippen LogP contribution >= 0.6 is 0 Å². The molecule has 0 aromatic heterocycles. The lowest BCUT2D eigenvalue weighted by molar-refractivity contribution is 0.208. The van der Waals surface area contributed by atoms with Crippen molar-refractivity contribution < 1.29 is 9.47 Å². The summed E-state index contributed by atoms with van der Waals surface area (Å²) in [5.74, 6) is 1.66. The molecular weight excluding hydrogens is 190 g/mol. The Hall–Kier alpha value is -1.22. The number of hydrogen-bond donors (Lipinski definition) is 1. The maximum Gasteiger partial charge on any atom is 0.123 e. The summed E-state index contributed by atoms with van der Waals surface area (Å²) in [5.41, 5.74) is 5.44. The van der Waals surface area contributed by atoms with Gasteiger partial charge in [-0.1, -0.05) is 6.07 Å². The van der Waals surface area contributed by atoms with Crippen LogP contribution in [0.1, 0.15) is 19.8 Å². The van der Waals surface area contributed by atoms with E-state index >= 15 is 0 Å². The van der Waals surface area contributed by atoms with Gasteiger partial charge in [0, 0.05) is 6.07 Å². The van der Waals surface area contributed by atoms with Gasteiger partial charge >= 0.3 is 0 Å². The summed E-state index contributed by atoms with van der Waals surface area (Å²) in [5, 5.41) is 0. The number of hydrogen-bond acceptors (Lipinski definition) is 3. The Labute approximate surface area is 91.2 Å². The molecule has 3 nitrogen and oxygen atoms in total. The van der Waals surface area contributed by atoms with Crippen LogP contribution < -0.4 is 15.2 Å². The topological polar surface area (TPSA) is 44.5 Å². The molecule has 0 fully saturated rings. The van der Waals surface area contributed by atoms with Gasteiger partial charge in [-0.15, -0.1) is 0 Å². The van der Waals surface area contributed by atoms with Crippen LogP contribution in [-0.2, 0) is 0 Å². The minimum Gasteiger partial charge on any atom is -0.497 e. The van der Waals surface area contributed by atoms with E-state index in [2.05, 4.69) is 6.92 Å². The average molecular weight is 209 g/mol. The van der Waals surface area contributed by atoms with Crippen LogP contribution in [0.3, 0.4) is 0 Å². The minimum absolute atomic E-state index is 0.195. The number of benzene rings is 1. The number of rotatable bonds is 6. The van der Waals surface area contributed by atoms with E-state index in [0.29, 0.717) is 6.54 Å². The molecule has 0 bridgehead atoms. The van der Waals surface area contributed by atoms with Crippen LogP contribution in [0, 0.1) is 0 Å². The molecule has 0 spiro atoms. The molecule has 1 aromatic carbocycles. The highest BCUT2D eigenvalue weighted by atomic mass is 16.5. The Bertz CT molecular complexity index is 289. The molecule has 0 amide bonds. The lowest BCUT2D eigenvalue weighted by Crippen LogP contribution is -2.13. The Morgan fingerprint density at radius 1 is 1.33 bits per heavy atom. The van der Waals surface area contributed by atoms with Gasteiger partial charge < -0.3 is 15.2 Å². The van der Waals surface area contributed by atoms with Crippen molar-refractivity contribution in [3.8, 4) is 11.5 Å². The molecule has 0 aliphatic heterocycles. The Balaban J connectivity index is 2.48. The summed E-state index contributed by atoms with van der Waals surface area (Å²) < 4.78 is 10.8. The summed E-state index contributed by atoms with van der Waals surface area (Å²) in [6, 6.07) is 7.64. The first kappa shape index (κ1) is 11.9. The maximum absolute atomic E-state index is 5.72. The van der Waals surface area contributed by atoms with Gasteiger partial charge in [-0.3, -0.25) is 0 Å². The van der Waals surface area contributed by atoms with Crippen molar-refractivity contribution in [3.63, 3.8) is 0 Å². The highest BCUT2D eigenvalue weighted by molar-refractivity contribution is 5.32. The zero-order chi connectivity index (χ0) is 11.1. The van der Waals surface area contributed by atoms with Crippen molar-refractivity contribution in [2.24, 2.45) is 5.73 Å². The predicted molar refractivity (Wildman–Crippen MR) is 61.4 cm³/mol. The molecule has 3 heteroatoms. The molecule has 0 saturated carbocycles. The van der Waals surface area contributed by atoms with Crippen molar-refractivity contribution in [2.45, 2.75) is 25.9 Å². The molecule has 84 valence electrons. The largest absolute Gasteiger partial charge is 0.497 e. The predicted octanol–water partition coefficient (Wildman–Crippen LogP) is 2.20. The van der Waals surface area contributed by atoms with E-state index in [1.54, 1.807) is 7.11 Å². The summed E-state index contributed by atoms with van der Waals surface area (Å²) in [4.78, 5) is 0. The number of nitrogens with two attached hydrogens (primary N) is 1. The van der Waals surface area contributed by atoms with Gasteiger partial charge in [-0.25, -0.2) is 0 Å². The highest BCUT2D eigenvalue weighted by Gasteiger charge is 2.03. The fourth-order valence-corrected chi connectivity index (χ4v) is 1.37. The summed E-state index contributed by atoms with van der Waals surface area (Å²) in [7, 11) is 1.65. The van der Waals surface area contributed by atoms with E-state index in [1.165, 1.54) is 0 Å². The lowest BCUT2D eigenvalue weighted by Gasteiger charge is -2.14. The van der Waals surface area contributed by atoms with Crippen molar-refractivity contribution in [2.75, 3.05) is 13.7 Å². The summed E-state index contributed by atoms with van der Waals surface area (Å²) in [6.45, 7) is 2.76. The van der Waals surface area contributed by atoms with Gasteiger partial charge in [0.1, 0.15) is 11.5 Å². The van der Waals surface area contributed by atoms with E-state index in [1.807, 2.05) is 24.3 Å². The normalized spacial score (nSPS) is 12.2. The second-order valence-corrected chi connectivity index (χ2v) is 3.54. The third-order valence-electron chi connectivity index (χ3n) is 2.19. The maximum atomic E-state index is 5.72. The van der Waals surface area contributed by atoms with E-state index < -0.39 is 0 Å². The molecule has 1 rings (SSSR count). The molecule has 0 aliphatic rings. The lowest BCUT2D eigenvalue weighted by atomic mass is 10.2. The molecule has 15 heavy (non-hydrogen) atoms. The molecule has 0 heterocycles. The first-order chi connectivity index (χ1) is 7.26. The van der Waals surface area contributed by atoms with Gasteiger partial charge in [0.25, 0.3) is 0 Å². The smallest absolute Gasteiger partial charge is 0.123 e. The molecule has 1 unspecified atom stereocenters. The quantitative estimate of drug-likeness (QED) is 0.781. The van der Waals surface area contributed by atoms with Crippen LogP contribution in [0.5, 0.6) is 11.5 Å². The first-order valence-corrected chi connectivity index (χ1v) is 5.27. The van der Waals surface area contributed by atoms with Crippen molar-refractivity contribution in [1.29, 1.82) is 0 Å². The van der Waals surface area contributed by atoms with E-state index in [-0.39, 0.29) is 6.10 Å². The fraction of sp³-hybridized carbons (Fsp3) is 0.500. The monoisotopic (exact) mass is 209 g/mol. The van der Waals surface area contributed by atoms with Gasteiger partial charge in [0.05, 0.1) is 13.2 Å². The van der Waals surface area contributed by atoms with Crippen molar-refractivity contribution in [1.82, 2.24) is 0 Å². The molecule has 1 atom stereocenters. The van der Waals surface area contributed by atoms with E-state index in [4.69, 9.17) is 15.2 Å². The molecule has 2 N–H and O–H groups in total. The SMILES string of the molecule is COc1cccc(OC(C)CCCN)c1. The van der Waals surface area contributed by atoms with Gasteiger partial charge in [-0.05, 0) is 38.4 Å². The van der Waals surface area contributed by atoms with Crippen LogP contribution in [0.4, 0.5) is 0 Å². The second kappa shape index (κ2) is 6.30. The van der Waals surface area contributed by atoms with Crippen LogP contribution in [0.25, 0.3) is 0 Å². The van der Waals surface area contributed by atoms with Gasteiger partial charge in [0.15, 0.2) is 0 Å². The number of methoxy groups -OCH3 is 1. The Morgan fingerprint density at radius 2 is 2.07 bits per heavy atom. The fourth-order valence-electron chi connectivity index (χ4n) is 1.37. The Kier molecular flexibility index (Phi) is 4.98. The van der Waals surface area contributed by atoms with Crippen LogP contribution in [0.2, 0.25) is 0 Å². The third-order valence-corrected chi connectivity index (χ3v) is 2.19. The van der Waals surface area contributed by atoms with Gasteiger partial charge in [-0.2, -0.15) is 0 Å². The first-order valence-electron chi connectivity index (χ1n) is 5.27. The molecule has 1 aromatic rings. The van der Waals surface area contributed by atoms with Crippen LogP contribution in [-0.4, -0.2) is 19.8 Å². The average Bonchev–Trinajstić information content (AvgIpc) is 2.26. The van der Waals surface area contributed by atoms with Gasteiger partial charge in [0.2, 0.25) is 0 Å². The summed E-state index contributed by atoms with van der Waals surface area (Å²) in [6.07, 6.45) is 2.17. The van der Waals surface area contributed by atoms with Crippen molar-refractivity contribution >= 4 is 0 Å². The number of ether oxygens (including phenoxy) is 2. The third kappa shape index (κ3) is 4.21. The van der Waals surface area contributed by atoms with E-state index in [0.717, 1.165) is 24.3 Å². The van der Waals surface area contributed by atoms with Crippen molar-refractivity contribution in [3.05, 3.63) is 24.3 Å². The zero-order valence-electron chi connectivity index (χ0n) is 9.40. The molecular formula is C12H19NO2. The van der Waals surface area contributed by atoms with Crippen LogP contribution in [0.15, 0.2) is 24.3 Å². The molecule has 0 saturated heterocycles. The standard InChI is InChI=1S/C12H19NO2/c1-10(5-4-8-13)15-12-7-3-6-11(9-12)14-2/h3,6-7,9-10H,4-5,8,13H2,1-2H3. The highest BCUT2D eigenvalue weighted by Crippen LogP contribution is 2.20. The Morgan fingerprint density at radius 3 is 2.73 bits per heavy atom. The molecule has 0 radical (unpaired) electrons. The second-order valence-electron chi connectivity index (χ2n) is 3.54.